The van der Waals surface area contributed by atoms with E-state index in [1.165, 1.54) is 0 Å². The maximum atomic E-state index is 13.5. The number of hydrogen-bond donors (Lipinski definition) is 1. The molecular formula is C30H33N3O2. The van der Waals surface area contributed by atoms with Crippen molar-refractivity contribution in [1.82, 2.24) is 4.90 Å². The van der Waals surface area contributed by atoms with E-state index in [4.69, 9.17) is 0 Å². The third-order valence-electron chi connectivity index (χ3n) is 6.34. The van der Waals surface area contributed by atoms with Crippen LogP contribution in [0.4, 0.5) is 17.1 Å². The normalized spacial score (nSPS) is 14.3. The molecule has 3 aromatic carbocycles. The number of likely N-dealkylation sites (tertiary alicyclic amines) is 1. The largest absolute Gasteiger partial charge is 0.356 e. The molecule has 1 aliphatic heterocycles. The zero-order valence-corrected chi connectivity index (χ0v) is 20.4. The number of amides is 2. The fourth-order valence-electron chi connectivity index (χ4n) is 4.45. The number of para-hydroxylation sites is 1. The molecule has 0 saturated carbocycles. The maximum Gasteiger partial charge on any atom is 0.246 e. The maximum absolute atomic E-state index is 13.5. The second kappa shape index (κ2) is 11.5. The average molecular weight is 468 g/mol. The molecular weight excluding hydrogens is 434 g/mol. The molecule has 0 unspecified atom stereocenters. The number of carbonyl (C=O) groups excluding carboxylic acids is 2. The van der Waals surface area contributed by atoms with E-state index in [0.29, 0.717) is 25.9 Å². The molecule has 0 aromatic heterocycles. The van der Waals surface area contributed by atoms with Crippen LogP contribution >= 0.6 is 0 Å². The molecule has 2 amide bonds. The van der Waals surface area contributed by atoms with Gasteiger partial charge in [-0.3, -0.25) is 9.59 Å². The van der Waals surface area contributed by atoms with Crippen molar-refractivity contribution < 1.29 is 9.59 Å². The standard InChI is InChI=1S/C30H33N3O2/c1-23(2)33(28-16-14-27(15-17-28)31-26-11-7-4-8-12-26)30(35)25-19-21-32(22-20-25)29(34)18-13-24-9-5-3-6-10-24/h3-18,23,25,31H,19-22H2,1-2H3/b18-13+. The Morgan fingerprint density at radius 3 is 2.03 bits per heavy atom. The van der Waals surface area contributed by atoms with Crippen LogP contribution in [0.1, 0.15) is 32.3 Å². The summed E-state index contributed by atoms with van der Waals surface area (Å²) in [4.78, 5) is 29.8. The molecule has 180 valence electrons. The van der Waals surface area contributed by atoms with Crippen molar-refractivity contribution in [1.29, 1.82) is 0 Å². The van der Waals surface area contributed by atoms with Crippen LogP contribution in [-0.4, -0.2) is 35.8 Å². The second-order valence-electron chi connectivity index (χ2n) is 9.18. The molecule has 0 radical (unpaired) electrons. The average Bonchev–Trinajstić information content (AvgIpc) is 2.89. The van der Waals surface area contributed by atoms with Gasteiger partial charge in [-0.25, -0.2) is 0 Å². The minimum atomic E-state index is -0.0818. The Balaban J connectivity index is 1.36. The van der Waals surface area contributed by atoms with Crippen LogP contribution in [-0.2, 0) is 9.59 Å². The fraction of sp³-hybridized carbons (Fsp3) is 0.267. The Kier molecular flexibility index (Phi) is 7.99. The van der Waals surface area contributed by atoms with E-state index in [9.17, 15) is 9.59 Å². The van der Waals surface area contributed by atoms with Crippen molar-refractivity contribution in [2.45, 2.75) is 32.7 Å². The third-order valence-corrected chi connectivity index (χ3v) is 6.34. The minimum Gasteiger partial charge on any atom is -0.356 e. The van der Waals surface area contributed by atoms with Crippen LogP contribution in [0.5, 0.6) is 0 Å². The van der Waals surface area contributed by atoms with Crippen LogP contribution in [0.25, 0.3) is 6.08 Å². The van der Waals surface area contributed by atoms with Gasteiger partial charge in [0.25, 0.3) is 0 Å². The Labute approximate surface area is 208 Å². The zero-order chi connectivity index (χ0) is 24.6. The van der Waals surface area contributed by atoms with Gasteiger partial charge < -0.3 is 15.1 Å². The molecule has 0 bridgehead atoms. The smallest absolute Gasteiger partial charge is 0.246 e. The molecule has 1 N–H and O–H groups in total. The van der Waals surface area contributed by atoms with Crippen LogP contribution in [0, 0.1) is 5.92 Å². The van der Waals surface area contributed by atoms with Crippen molar-refractivity contribution >= 4 is 35.0 Å². The molecule has 1 fully saturated rings. The van der Waals surface area contributed by atoms with Crippen molar-refractivity contribution in [2.24, 2.45) is 5.92 Å². The highest BCUT2D eigenvalue weighted by Gasteiger charge is 2.31. The predicted molar refractivity (Wildman–Crippen MR) is 144 cm³/mol. The highest BCUT2D eigenvalue weighted by atomic mass is 16.2. The number of nitrogens with zero attached hydrogens (tertiary/aromatic N) is 2. The lowest BCUT2D eigenvalue weighted by molar-refractivity contribution is -0.131. The van der Waals surface area contributed by atoms with Crippen molar-refractivity contribution in [2.75, 3.05) is 23.3 Å². The van der Waals surface area contributed by atoms with Crippen LogP contribution in [0.3, 0.4) is 0 Å². The summed E-state index contributed by atoms with van der Waals surface area (Å²) in [5.41, 5.74) is 3.90. The van der Waals surface area contributed by atoms with Crippen LogP contribution < -0.4 is 10.2 Å². The summed E-state index contributed by atoms with van der Waals surface area (Å²) in [5.74, 6) is 0.0549. The van der Waals surface area contributed by atoms with Gasteiger partial charge in [-0.1, -0.05) is 48.5 Å². The van der Waals surface area contributed by atoms with E-state index in [-0.39, 0.29) is 23.8 Å². The van der Waals surface area contributed by atoms with Gasteiger partial charge in [-0.2, -0.15) is 0 Å². The Hall–Kier alpha value is -3.86. The summed E-state index contributed by atoms with van der Waals surface area (Å²) in [6, 6.07) is 27.9. The van der Waals surface area contributed by atoms with Gasteiger partial charge in [-0.05, 0) is 74.7 Å². The number of anilines is 3. The van der Waals surface area contributed by atoms with Crippen molar-refractivity contribution in [3.8, 4) is 0 Å². The lowest BCUT2D eigenvalue weighted by Gasteiger charge is -2.35. The topological polar surface area (TPSA) is 52.7 Å². The predicted octanol–water partition coefficient (Wildman–Crippen LogP) is 6.12. The van der Waals surface area contributed by atoms with Crippen molar-refractivity contribution in [3.05, 3.63) is 96.6 Å². The molecule has 1 saturated heterocycles. The molecule has 0 atom stereocenters. The highest BCUT2D eigenvalue weighted by Crippen LogP contribution is 2.27. The summed E-state index contributed by atoms with van der Waals surface area (Å²) < 4.78 is 0. The van der Waals surface area contributed by atoms with E-state index >= 15 is 0 Å². The zero-order valence-electron chi connectivity index (χ0n) is 20.4. The quantitative estimate of drug-likeness (QED) is 0.426. The summed E-state index contributed by atoms with van der Waals surface area (Å²) in [7, 11) is 0. The second-order valence-corrected chi connectivity index (χ2v) is 9.18. The number of nitrogens with one attached hydrogen (secondary N) is 1. The van der Waals surface area contributed by atoms with Gasteiger partial charge >= 0.3 is 0 Å². The first kappa shape index (κ1) is 24.3. The van der Waals surface area contributed by atoms with Gasteiger partial charge in [0.15, 0.2) is 0 Å². The molecule has 35 heavy (non-hydrogen) atoms. The lowest BCUT2D eigenvalue weighted by atomic mass is 9.94. The van der Waals surface area contributed by atoms with Crippen molar-refractivity contribution in [3.63, 3.8) is 0 Å². The van der Waals surface area contributed by atoms with Gasteiger partial charge in [0.1, 0.15) is 0 Å². The summed E-state index contributed by atoms with van der Waals surface area (Å²) in [6.07, 6.45) is 4.83. The summed E-state index contributed by atoms with van der Waals surface area (Å²) >= 11 is 0. The number of carbonyl (C=O) groups is 2. The molecule has 4 rings (SSSR count). The lowest BCUT2D eigenvalue weighted by Crippen LogP contribution is -2.46. The number of hydrogen-bond acceptors (Lipinski definition) is 3. The van der Waals surface area contributed by atoms with Gasteiger partial charge in [0.2, 0.25) is 11.8 Å². The van der Waals surface area contributed by atoms with Gasteiger partial charge in [0.05, 0.1) is 0 Å². The molecule has 5 heteroatoms. The molecule has 0 aliphatic carbocycles. The van der Waals surface area contributed by atoms with Crippen LogP contribution in [0.15, 0.2) is 91.0 Å². The fourth-order valence-corrected chi connectivity index (χ4v) is 4.45. The SMILES string of the molecule is CC(C)N(C(=O)C1CCN(C(=O)/C=C/c2ccccc2)CC1)c1ccc(Nc2ccccc2)cc1. The Bertz CT molecular complexity index is 1130. The third kappa shape index (κ3) is 6.38. The van der Waals surface area contributed by atoms with Gasteiger partial charge in [-0.15, -0.1) is 0 Å². The van der Waals surface area contributed by atoms with Gasteiger partial charge in [0, 0.05) is 48.2 Å². The van der Waals surface area contributed by atoms with E-state index in [1.807, 2.05) is 115 Å². The summed E-state index contributed by atoms with van der Waals surface area (Å²) in [6.45, 7) is 5.28. The number of benzene rings is 3. The molecule has 0 spiro atoms. The molecule has 1 heterocycles. The first-order valence-electron chi connectivity index (χ1n) is 12.3. The molecule has 3 aromatic rings. The Morgan fingerprint density at radius 1 is 0.857 bits per heavy atom. The number of rotatable bonds is 7. The van der Waals surface area contributed by atoms with E-state index < -0.39 is 0 Å². The van der Waals surface area contributed by atoms with E-state index in [2.05, 4.69) is 5.32 Å². The number of piperidine rings is 1. The molecule has 1 aliphatic rings. The Morgan fingerprint density at radius 2 is 1.43 bits per heavy atom. The monoisotopic (exact) mass is 467 g/mol. The minimum absolute atomic E-state index is 0.00183. The first-order chi connectivity index (χ1) is 17.0. The highest BCUT2D eigenvalue weighted by molar-refractivity contribution is 5.96. The summed E-state index contributed by atoms with van der Waals surface area (Å²) in [5, 5.41) is 3.38. The first-order valence-corrected chi connectivity index (χ1v) is 12.3. The van der Waals surface area contributed by atoms with Crippen LogP contribution in [0.2, 0.25) is 0 Å². The van der Waals surface area contributed by atoms with E-state index in [0.717, 1.165) is 22.6 Å². The molecule has 5 nitrogen and oxygen atoms in total. The van der Waals surface area contributed by atoms with E-state index in [1.54, 1.807) is 6.08 Å².